The van der Waals surface area contributed by atoms with Gasteiger partial charge in [-0.2, -0.15) is 0 Å². The Bertz CT molecular complexity index is 233. The summed E-state index contributed by atoms with van der Waals surface area (Å²) >= 11 is 0. The predicted octanol–water partition coefficient (Wildman–Crippen LogP) is 1.39. The van der Waals surface area contributed by atoms with Crippen LogP contribution in [0.2, 0.25) is 0 Å². The molecule has 3 nitrogen and oxygen atoms in total. The Morgan fingerprint density at radius 1 is 1.36 bits per heavy atom. The highest BCUT2D eigenvalue weighted by atomic mass is 16.2. The molecule has 1 fully saturated rings. The minimum absolute atomic E-state index is 0.0955. The van der Waals surface area contributed by atoms with E-state index in [1.807, 2.05) is 13.8 Å². The lowest BCUT2D eigenvalue weighted by Gasteiger charge is -2.48. The van der Waals surface area contributed by atoms with Gasteiger partial charge in [0.2, 0.25) is 5.91 Å². The number of hydrogen-bond donors (Lipinski definition) is 1. The molecule has 1 heterocycles. The van der Waals surface area contributed by atoms with Crippen molar-refractivity contribution in [2.75, 3.05) is 13.1 Å². The zero-order chi connectivity index (χ0) is 11.0. The third-order valence-corrected chi connectivity index (χ3v) is 2.88. The van der Waals surface area contributed by atoms with Gasteiger partial charge in [0.1, 0.15) is 0 Å². The SMILES string of the molecule is CCCN1CC(C)(C)NC(=O)C1(C)C. The molecule has 1 amide bonds. The maximum atomic E-state index is 11.9. The molecule has 0 radical (unpaired) electrons. The van der Waals surface area contributed by atoms with E-state index in [-0.39, 0.29) is 17.0 Å². The molecule has 1 N–H and O–H groups in total. The summed E-state index contributed by atoms with van der Waals surface area (Å²) in [6, 6.07) is 0. The smallest absolute Gasteiger partial charge is 0.240 e. The van der Waals surface area contributed by atoms with E-state index in [0.29, 0.717) is 0 Å². The van der Waals surface area contributed by atoms with Gasteiger partial charge >= 0.3 is 0 Å². The Labute approximate surface area is 86.9 Å². The van der Waals surface area contributed by atoms with E-state index >= 15 is 0 Å². The molecular formula is C11H22N2O. The van der Waals surface area contributed by atoms with Crippen molar-refractivity contribution in [3.05, 3.63) is 0 Å². The van der Waals surface area contributed by atoms with Crippen molar-refractivity contribution in [1.29, 1.82) is 0 Å². The van der Waals surface area contributed by atoms with Gasteiger partial charge in [0, 0.05) is 12.1 Å². The van der Waals surface area contributed by atoms with Crippen LogP contribution in [0.3, 0.4) is 0 Å². The molecule has 0 bridgehead atoms. The van der Waals surface area contributed by atoms with E-state index in [1.54, 1.807) is 0 Å². The lowest BCUT2D eigenvalue weighted by molar-refractivity contribution is -0.139. The second-order valence-electron chi connectivity index (χ2n) is 5.32. The van der Waals surface area contributed by atoms with E-state index in [4.69, 9.17) is 0 Å². The summed E-state index contributed by atoms with van der Waals surface area (Å²) in [7, 11) is 0. The Hall–Kier alpha value is -0.570. The molecule has 0 aliphatic carbocycles. The standard InChI is InChI=1S/C11H22N2O/c1-6-7-13-8-10(2,3)12-9(14)11(13,4)5/h6-8H2,1-5H3,(H,12,14). The Morgan fingerprint density at radius 2 is 1.93 bits per heavy atom. The highest BCUT2D eigenvalue weighted by Crippen LogP contribution is 2.24. The van der Waals surface area contributed by atoms with Gasteiger partial charge in [0.15, 0.2) is 0 Å². The zero-order valence-corrected chi connectivity index (χ0v) is 9.98. The molecule has 0 aromatic rings. The minimum atomic E-state index is -0.356. The van der Waals surface area contributed by atoms with Gasteiger partial charge in [0.25, 0.3) is 0 Å². The Kier molecular flexibility index (Phi) is 2.91. The Morgan fingerprint density at radius 3 is 2.43 bits per heavy atom. The molecule has 82 valence electrons. The quantitative estimate of drug-likeness (QED) is 0.727. The molecule has 0 aromatic heterocycles. The van der Waals surface area contributed by atoms with Crippen LogP contribution in [0.15, 0.2) is 0 Å². The van der Waals surface area contributed by atoms with Crippen LogP contribution < -0.4 is 5.32 Å². The van der Waals surface area contributed by atoms with Gasteiger partial charge in [0.05, 0.1) is 5.54 Å². The van der Waals surface area contributed by atoms with E-state index < -0.39 is 0 Å². The number of hydrogen-bond acceptors (Lipinski definition) is 2. The normalized spacial score (nSPS) is 25.9. The van der Waals surface area contributed by atoms with Crippen molar-refractivity contribution < 1.29 is 4.79 Å². The summed E-state index contributed by atoms with van der Waals surface area (Å²) in [5, 5.41) is 3.05. The number of carbonyl (C=O) groups is 1. The van der Waals surface area contributed by atoms with Crippen LogP contribution in [0.5, 0.6) is 0 Å². The predicted molar refractivity (Wildman–Crippen MR) is 58.2 cm³/mol. The third-order valence-electron chi connectivity index (χ3n) is 2.88. The van der Waals surface area contributed by atoms with Crippen molar-refractivity contribution in [3.63, 3.8) is 0 Å². The van der Waals surface area contributed by atoms with Gasteiger partial charge in [-0.15, -0.1) is 0 Å². The molecule has 1 aliphatic rings. The van der Waals surface area contributed by atoms with E-state index in [9.17, 15) is 4.79 Å². The van der Waals surface area contributed by atoms with Gasteiger partial charge in [-0.3, -0.25) is 9.69 Å². The number of rotatable bonds is 2. The fourth-order valence-corrected chi connectivity index (χ4v) is 1.95. The fourth-order valence-electron chi connectivity index (χ4n) is 1.95. The number of carbonyl (C=O) groups excluding carboxylic acids is 1. The van der Waals surface area contributed by atoms with Crippen LogP contribution in [-0.2, 0) is 4.79 Å². The second kappa shape index (κ2) is 3.54. The van der Waals surface area contributed by atoms with Crippen molar-refractivity contribution in [2.24, 2.45) is 0 Å². The van der Waals surface area contributed by atoms with Crippen LogP contribution >= 0.6 is 0 Å². The van der Waals surface area contributed by atoms with Crippen molar-refractivity contribution >= 4 is 5.91 Å². The van der Waals surface area contributed by atoms with Gasteiger partial charge in [-0.25, -0.2) is 0 Å². The number of nitrogens with zero attached hydrogens (tertiary/aromatic N) is 1. The van der Waals surface area contributed by atoms with Crippen LogP contribution in [0, 0.1) is 0 Å². The largest absolute Gasteiger partial charge is 0.348 e. The average molecular weight is 198 g/mol. The van der Waals surface area contributed by atoms with Gasteiger partial charge in [-0.05, 0) is 40.7 Å². The molecule has 3 heteroatoms. The first-order valence-electron chi connectivity index (χ1n) is 5.37. The Balaban J connectivity index is 2.84. The topological polar surface area (TPSA) is 32.3 Å². The number of amides is 1. The second-order valence-corrected chi connectivity index (χ2v) is 5.32. The van der Waals surface area contributed by atoms with Crippen molar-refractivity contribution in [2.45, 2.75) is 52.1 Å². The highest BCUT2D eigenvalue weighted by molar-refractivity contribution is 5.86. The fraction of sp³-hybridized carbons (Fsp3) is 0.909. The molecule has 0 saturated carbocycles. The molecular weight excluding hydrogens is 176 g/mol. The first-order valence-corrected chi connectivity index (χ1v) is 5.37. The highest BCUT2D eigenvalue weighted by Gasteiger charge is 2.43. The first-order chi connectivity index (χ1) is 6.29. The molecule has 1 saturated heterocycles. The number of piperazine rings is 1. The van der Waals surface area contributed by atoms with Crippen molar-refractivity contribution in [3.8, 4) is 0 Å². The molecule has 0 atom stereocenters. The summed E-state index contributed by atoms with van der Waals surface area (Å²) in [6.07, 6.45) is 1.09. The average Bonchev–Trinajstić information content (AvgIpc) is 2.00. The summed E-state index contributed by atoms with van der Waals surface area (Å²) in [4.78, 5) is 14.1. The maximum Gasteiger partial charge on any atom is 0.240 e. The van der Waals surface area contributed by atoms with E-state index in [1.165, 1.54) is 0 Å². The number of nitrogens with one attached hydrogen (secondary N) is 1. The molecule has 1 aliphatic heterocycles. The van der Waals surface area contributed by atoms with Gasteiger partial charge in [-0.1, -0.05) is 6.92 Å². The third kappa shape index (κ3) is 2.08. The van der Waals surface area contributed by atoms with Crippen LogP contribution in [0.1, 0.15) is 41.0 Å². The summed E-state index contributed by atoms with van der Waals surface area (Å²) in [5.41, 5.74) is -0.451. The summed E-state index contributed by atoms with van der Waals surface area (Å²) < 4.78 is 0. The summed E-state index contributed by atoms with van der Waals surface area (Å²) in [6.45, 7) is 12.2. The zero-order valence-electron chi connectivity index (χ0n) is 9.98. The van der Waals surface area contributed by atoms with Crippen LogP contribution in [-0.4, -0.2) is 35.0 Å². The molecule has 0 aromatic carbocycles. The maximum absolute atomic E-state index is 11.9. The molecule has 0 unspecified atom stereocenters. The molecule has 1 rings (SSSR count). The van der Waals surface area contributed by atoms with Crippen LogP contribution in [0.4, 0.5) is 0 Å². The molecule has 0 spiro atoms. The monoisotopic (exact) mass is 198 g/mol. The van der Waals surface area contributed by atoms with Crippen molar-refractivity contribution in [1.82, 2.24) is 10.2 Å². The lowest BCUT2D eigenvalue weighted by Crippen LogP contribution is -2.69. The first kappa shape index (κ1) is 11.5. The van der Waals surface area contributed by atoms with Crippen LogP contribution in [0.25, 0.3) is 0 Å². The lowest BCUT2D eigenvalue weighted by atomic mass is 9.90. The molecule has 14 heavy (non-hydrogen) atoms. The van der Waals surface area contributed by atoms with E-state index in [2.05, 4.69) is 31.0 Å². The summed E-state index contributed by atoms with van der Waals surface area (Å²) in [5.74, 6) is 0.141. The minimum Gasteiger partial charge on any atom is -0.348 e. The van der Waals surface area contributed by atoms with Gasteiger partial charge < -0.3 is 5.32 Å². The van der Waals surface area contributed by atoms with E-state index in [0.717, 1.165) is 19.5 Å².